The highest BCUT2D eigenvalue weighted by Gasteiger charge is 2.16. The van der Waals surface area contributed by atoms with Crippen LogP contribution in [0.2, 0.25) is 0 Å². The van der Waals surface area contributed by atoms with Gasteiger partial charge in [-0.2, -0.15) is 0 Å². The monoisotopic (exact) mass is 291 g/mol. The van der Waals surface area contributed by atoms with Crippen LogP contribution in [0.25, 0.3) is 0 Å². The van der Waals surface area contributed by atoms with Gasteiger partial charge in [0.15, 0.2) is 0 Å². The molecular formula is C16H25N3O2. The van der Waals surface area contributed by atoms with E-state index in [1.165, 1.54) is 0 Å². The first-order valence-corrected chi connectivity index (χ1v) is 7.75. The predicted octanol–water partition coefficient (Wildman–Crippen LogP) is 2.45. The van der Waals surface area contributed by atoms with Crippen molar-refractivity contribution in [3.05, 3.63) is 23.9 Å². The summed E-state index contributed by atoms with van der Waals surface area (Å²) >= 11 is 0. The third-order valence-electron chi connectivity index (χ3n) is 3.57. The van der Waals surface area contributed by atoms with E-state index < -0.39 is 0 Å². The Balaban J connectivity index is 1.76. The van der Waals surface area contributed by atoms with Gasteiger partial charge in [-0.25, -0.2) is 4.98 Å². The SMILES string of the molecule is CC(C)CCNc1ccc(C(=O)NCC2CCCO2)cn1. The molecule has 5 nitrogen and oxygen atoms in total. The predicted molar refractivity (Wildman–Crippen MR) is 83.5 cm³/mol. The number of amides is 1. The summed E-state index contributed by atoms with van der Waals surface area (Å²) in [5.41, 5.74) is 0.586. The van der Waals surface area contributed by atoms with Crippen molar-refractivity contribution in [1.82, 2.24) is 10.3 Å². The molecule has 0 aliphatic carbocycles. The molecule has 21 heavy (non-hydrogen) atoms. The van der Waals surface area contributed by atoms with Crippen LogP contribution >= 0.6 is 0 Å². The Labute approximate surface area is 126 Å². The molecule has 1 fully saturated rings. The van der Waals surface area contributed by atoms with Gasteiger partial charge < -0.3 is 15.4 Å². The van der Waals surface area contributed by atoms with E-state index in [-0.39, 0.29) is 12.0 Å². The average Bonchev–Trinajstić information content (AvgIpc) is 2.98. The molecule has 1 aliphatic rings. The van der Waals surface area contributed by atoms with Crippen LogP contribution < -0.4 is 10.6 Å². The van der Waals surface area contributed by atoms with Crippen molar-refractivity contribution in [3.63, 3.8) is 0 Å². The molecule has 1 atom stereocenters. The van der Waals surface area contributed by atoms with Gasteiger partial charge in [0.2, 0.25) is 0 Å². The summed E-state index contributed by atoms with van der Waals surface area (Å²) in [6, 6.07) is 3.65. The van der Waals surface area contributed by atoms with Gasteiger partial charge >= 0.3 is 0 Å². The lowest BCUT2D eigenvalue weighted by molar-refractivity contribution is 0.0857. The van der Waals surface area contributed by atoms with Gasteiger partial charge in [-0.15, -0.1) is 0 Å². The van der Waals surface area contributed by atoms with Crippen molar-refractivity contribution >= 4 is 11.7 Å². The molecular weight excluding hydrogens is 266 g/mol. The Morgan fingerprint density at radius 1 is 1.48 bits per heavy atom. The van der Waals surface area contributed by atoms with Crippen LogP contribution in [0.3, 0.4) is 0 Å². The van der Waals surface area contributed by atoms with E-state index in [0.717, 1.165) is 38.2 Å². The molecule has 1 amide bonds. The summed E-state index contributed by atoms with van der Waals surface area (Å²) in [5, 5.41) is 6.15. The van der Waals surface area contributed by atoms with Crippen molar-refractivity contribution in [1.29, 1.82) is 0 Å². The minimum absolute atomic E-state index is 0.0910. The maximum absolute atomic E-state index is 12.0. The number of ether oxygens (including phenoxy) is 1. The maximum Gasteiger partial charge on any atom is 0.252 e. The summed E-state index contributed by atoms with van der Waals surface area (Å²) in [4.78, 5) is 16.3. The van der Waals surface area contributed by atoms with Crippen LogP contribution in [0, 0.1) is 5.92 Å². The van der Waals surface area contributed by atoms with E-state index in [0.29, 0.717) is 18.0 Å². The van der Waals surface area contributed by atoms with E-state index in [1.54, 1.807) is 12.3 Å². The Morgan fingerprint density at radius 3 is 2.95 bits per heavy atom. The highest BCUT2D eigenvalue weighted by atomic mass is 16.5. The lowest BCUT2D eigenvalue weighted by Crippen LogP contribution is -2.31. The number of rotatable bonds is 7. The normalized spacial score (nSPS) is 18.0. The summed E-state index contributed by atoms with van der Waals surface area (Å²) in [7, 11) is 0. The molecule has 0 bridgehead atoms. The minimum Gasteiger partial charge on any atom is -0.376 e. The summed E-state index contributed by atoms with van der Waals surface area (Å²) in [6.45, 7) is 6.66. The first kappa shape index (κ1) is 15.8. The Kier molecular flexibility index (Phi) is 5.99. The number of pyridine rings is 1. The van der Waals surface area contributed by atoms with Gasteiger partial charge in [0.1, 0.15) is 5.82 Å². The maximum atomic E-state index is 12.0. The third-order valence-corrected chi connectivity index (χ3v) is 3.57. The van der Waals surface area contributed by atoms with Gasteiger partial charge in [0.05, 0.1) is 11.7 Å². The molecule has 1 aliphatic heterocycles. The number of hydrogen-bond donors (Lipinski definition) is 2. The zero-order chi connectivity index (χ0) is 15.1. The molecule has 0 saturated carbocycles. The number of nitrogens with zero attached hydrogens (tertiary/aromatic N) is 1. The second-order valence-electron chi connectivity index (χ2n) is 5.89. The van der Waals surface area contributed by atoms with Crippen LogP contribution in [0.4, 0.5) is 5.82 Å². The van der Waals surface area contributed by atoms with Crippen molar-refractivity contribution in [2.45, 2.75) is 39.2 Å². The zero-order valence-electron chi connectivity index (χ0n) is 12.9. The fraction of sp³-hybridized carbons (Fsp3) is 0.625. The number of nitrogens with one attached hydrogen (secondary N) is 2. The average molecular weight is 291 g/mol. The molecule has 5 heteroatoms. The number of carbonyl (C=O) groups is 1. The quantitative estimate of drug-likeness (QED) is 0.810. The van der Waals surface area contributed by atoms with Crippen molar-refractivity contribution in [3.8, 4) is 0 Å². The fourth-order valence-electron chi connectivity index (χ4n) is 2.24. The third kappa shape index (κ3) is 5.34. The largest absolute Gasteiger partial charge is 0.376 e. The molecule has 0 aromatic carbocycles. The molecule has 1 unspecified atom stereocenters. The van der Waals surface area contributed by atoms with E-state index >= 15 is 0 Å². The highest BCUT2D eigenvalue weighted by molar-refractivity contribution is 5.94. The lowest BCUT2D eigenvalue weighted by atomic mass is 10.1. The van der Waals surface area contributed by atoms with Crippen LogP contribution in [0.1, 0.15) is 43.5 Å². The summed E-state index contributed by atoms with van der Waals surface area (Å²) in [5.74, 6) is 1.39. The van der Waals surface area contributed by atoms with Gasteiger partial charge in [-0.05, 0) is 37.3 Å². The topological polar surface area (TPSA) is 63.2 Å². The standard InChI is InChI=1S/C16H25N3O2/c1-12(2)7-8-17-15-6-5-13(10-18-15)16(20)19-11-14-4-3-9-21-14/h5-6,10,12,14H,3-4,7-9,11H2,1-2H3,(H,17,18)(H,19,20). The molecule has 2 rings (SSSR count). The van der Waals surface area contributed by atoms with Crippen molar-refractivity contribution in [2.24, 2.45) is 5.92 Å². The first-order valence-electron chi connectivity index (χ1n) is 7.75. The second-order valence-corrected chi connectivity index (χ2v) is 5.89. The van der Waals surface area contributed by atoms with E-state index in [4.69, 9.17) is 4.74 Å². The Bertz CT molecular complexity index is 439. The number of aromatic nitrogens is 1. The summed E-state index contributed by atoms with van der Waals surface area (Å²) in [6.07, 6.45) is 4.99. The second kappa shape index (κ2) is 7.98. The smallest absolute Gasteiger partial charge is 0.252 e. The van der Waals surface area contributed by atoms with Crippen LogP contribution in [-0.4, -0.2) is 36.7 Å². The number of carbonyl (C=O) groups excluding carboxylic acids is 1. The number of hydrogen-bond acceptors (Lipinski definition) is 4. The van der Waals surface area contributed by atoms with E-state index in [2.05, 4.69) is 29.5 Å². The molecule has 0 spiro atoms. The van der Waals surface area contributed by atoms with E-state index in [1.807, 2.05) is 6.07 Å². The Hall–Kier alpha value is -1.62. The Morgan fingerprint density at radius 2 is 2.33 bits per heavy atom. The van der Waals surface area contributed by atoms with Crippen molar-refractivity contribution in [2.75, 3.05) is 25.0 Å². The van der Waals surface area contributed by atoms with E-state index in [9.17, 15) is 4.79 Å². The minimum atomic E-state index is -0.0910. The first-order chi connectivity index (χ1) is 10.1. The lowest BCUT2D eigenvalue weighted by Gasteiger charge is -2.11. The number of anilines is 1. The summed E-state index contributed by atoms with van der Waals surface area (Å²) < 4.78 is 5.48. The van der Waals surface area contributed by atoms with Gasteiger partial charge in [-0.3, -0.25) is 4.79 Å². The van der Waals surface area contributed by atoms with Gasteiger partial charge in [0.25, 0.3) is 5.91 Å². The van der Waals surface area contributed by atoms with Gasteiger partial charge in [-0.1, -0.05) is 13.8 Å². The fourth-order valence-corrected chi connectivity index (χ4v) is 2.24. The molecule has 1 aromatic rings. The van der Waals surface area contributed by atoms with Gasteiger partial charge in [0, 0.05) is 25.9 Å². The van der Waals surface area contributed by atoms with Crippen LogP contribution in [0.5, 0.6) is 0 Å². The van der Waals surface area contributed by atoms with Crippen LogP contribution in [0.15, 0.2) is 18.3 Å². The zero-order valence-corrected chi connectivity index (χ0v) is 12.9. The molecule has 2 N–H and O–H groups in total. The van der Waals surface area contributed by atoms with Crippen LogP contribution in [-0.2, 0) is 4.74 Å². The molecule has 116 valence electrons. The molecule has 1 aromatic heterocycles. The molecule has 1 saturated heterocycles. The molecule has 2 heterocycles. The van der Waals surface area contributed by atoms with Crippen molar-refractivity contribution < 1.29 is 9.53 Å². The molecule has 0 radical (unpaired) electrons. The highest BCUT2D eigenvalue weighted by Crippen LogP contribution is 2.11.